The lowest BCUT2D eigenvalue weighted by Crippen LogP contribution is -2.09. The van der Waals surface area contributed by atoms with Gasteiger partial charge in [0, 0.05) is 47.7 Å². The molecule has 4 heteroatoms. The third-order valence-corrected chi connectivity index (χ3v) is 5.75. The van der Waals surface area contributed by atoms with Crippen LogP contribution in [0, 0.1) is 19.0 Å². The van der Waals surface area contributed by atoms with Gasteiger partial charge >= 0.3 is 0 Å². The number of halogens is 2. The van der Waals surface area contributed by atoms with Crippen LogP contribution in [0.25, 0.3) is 0 Å². The van der Waals surface area contributed by atoms with E-state index in [1.807, 2.05) is 12.1 Å². The number of anilines is 3. The molecule has 2 nitrogen and oxygen atoms in total. The molecule has 4 aromatic rings. The summed E-state index contributed by atoms with van der Waals surface area (Å²) in [5, 5.41) is 0. The molecule has 0 aliphatic carbocycles. The summed E-state index contributed by atoms with van der Waals surface area (Å²) < 4.78 is 2.44. The first-order chi connectivity index (χ1) is 14.2. The van der Waals surface area contributed by atoms with Gasteiger partial charge < -0.3 is 4.90 Å². The molecular formula is C25H16I2N2. The first-order valence-corrected chi connectivity index (χ1v) is 11.2. The van der Waals surface area contributed by atoms with Crippen molar-refractivity contribution in [1.29, 1.82) is 0 Å². The number of aromatic nitrogens is 1. The van der Waals surface area contributed by atoms with E-state index in [9.17, 15) is 0 Å². The summed E-state index contributed by atoms with van der Waals surface area (Å²) in [6.07, 6.45) is 3.53. The summed E-state index contributed by atoms with van der Waals surface area (Å²) >= 11 is 4.67. The van der Waals surface area contributed by atoms with E-state index < -0.39 is 0 Å². The summed E-state index contributed by atoms with van der Waals surface area (Å²) in [6, 6.07) is 29.3. The maximum absolute atomic E-state index is 4.10. The second-order valence-corrected chi connectivity index (χ2v) is 8.82. The third-order valence-electron chi connectivity index (χ3n) is 4.31. The van der Waals surface area contributed by atoms with E-state index in [1.165, 1.54) is 7.14 Å². The Balaban J connectivity index is 1.68. The van der Waals surface area contributed by atoms with Crippen molar-refractivity contribution in [1.82, 2.24) is 4.98 Å². The van der Waals surface area contributed by atoms with Gasteiger partial charge in [-0.2, -0.15) is 0 Å². The fraction of sp³-hybridized carbons (Fsp3) is 0. The Bertz CT molecular complexity index is 1100. The zero-order chi connectivity index (χ0) is 20.1. The Morgan fingerprint density at radius 3 is 1.55 bits per heavy atom. The minimum absolute atomic E-state index is 0.913. The van der Waals surface area contributed by atoms with Crippen molar-refractivity contribution < 1.29 is 0 Å². The van der Waals surface area contributed by atoms with Gasteiger partial charge in [-0.05, 0) is 130 Å². The first-order valence-electron chi connectivity index (χ1n) is 9.02. The van der Waals surface area contributed by atoms with Gasteiger partial charge in [0.1, 0.15) is 0 Å². The number of rotatable bonds is 3. The molecular weight excluding hydrogens is 582 g/mol. The lowest BCUT2D eigenvalue weighted by Gasteiger charge is -2.25. The van der Waals surface area contributed by atoms with Gasteiger partial charge in [0.2, 0.25) is 0 Å². The topological polar surface area (TPSA) is 16.1 Å². The van der Waals surface area contributed by atoms with Crippen LogP contribution in [0.1, 0.15) is 11.1 Å². The quantitative estimate of drug-likeness (QED) is 0.184. The minimum Gasteiger partial charge on any atom is -0.311 e. The summed E-state index contributed by atoms with van der Waals surface area (Å²) in [5.74, 6) is 6.37. The zero-order valence-corrected chi connectivity index (χ0v) is 19.7. The van der Waals surface area contributed by atoms with Crippen molar-refractivity contribution in [3.05, 3.63) is 116 Å². The highest BCUT2D eigenvalue weighted by Crippen LogP contribution is 2.34. The van der Waals surface area contributed by atoms with Gasteiger partial charge in [-0.25, -0.2) is 0 Å². The molecule has 0 saturated carbocycles. The number of pyridine rings is 1. The standard InChI is InChI=1S/C25H16I2N2/c26-21-7-13-24(14-8-21)29(25-15-9-22(27)10-16-25)23-11-5-19(6-12-23)3-4-20-2-1-17-28-18-20/h1-2,5-18H. The van der Waals surface area contributed by atoms with E-state index in [2.05, 4.69) is 140 Å². The van der Waals surface area contributed by atoms with Crippen LogP contribution in [0.3, 0.4) is 0 Å². The third kappa shape index (κ3) is 5.17. The van der Waals surface area contributed by atoms with E-state index in [1.54, 1.807) is 12.4 Å². The number of nitrogens with zero attached hydrogens (tertiary/aromatic N) is 2. The molecule has 0 N–H and O–H groups in total. The highest BCUT2D eigenvalue weighted by molar-refractivity contribution is 14.1. The molecule has 1 aromatic heterocycles. The molecule has 0 aliphatic heterocycles. The predicted octanol–water partition coefficient (Wildman–Crippen LogP) is 7.16. The molecule has 29 heavy (non-hydrogen) atoms. The van der Waals surface area contributed by atoms with Crippen molar-refractivity contribution in [3.8, 4) is 11.8 Å². The molecule has 4 rings (SSSR count). The summed E-state index contributed by atoms with van der Waals surface area (Å²) in [6.45, 7) is 0. The van der Waals surface area contributed by atoms with Crippen LogP contribution in [-0.2, 0) is 0 Å². The number of benzene rings is 3. The van der Waals surface area contributed by atoms with Crippen LogP contribution in [0.5, 0.6) is 0 Å². The van der Waals surface area contributed by atoms with Crippen molar-refractivity contribution >= 4 is 62.2 Å². The lowest BCUT2D eigenvalue weighted by atomic mass is 10.1. The SMILES string of the molecule is Ic1ccc(N(c2ccc(I)cc2)c2ccc(C#Cc3cccnc3)cc2)cc1. The highest BCUT2D eigenvalue weighted by atomic mass is 127. The average Bonchev–Trinajstić information content (AvgIpc) is 2.77. The second-order valence-electron chi connectivity index (χ2n) is 6.33. The van der Waals surface area contributed by atoms with Gasteiger partial charge in [-0.3, -0.25) is 4.98 Å². The van der Waals surface area contributed by atoms with Crippen molar-refractivity contribution in [2.75, 3.05) is 4.90 Å². The minimum atomic E-state index is 0.913. The lowest BCUT2D eigenvalue weighted by molar-refractivity contribution is 1.28. The Hall–Kier alpha value is -2.37. The summed E-state index contributed by atoms with van der Waals surface area (Å²) in [4.78, 5) is 6.36. The zero-order valence-electron chi connectivity index (χ0n) is 15.4. The van der Waals surface area contributed by atoms with E-state index in [0.717, 1.165) is 28.2 Å². The molecule has 140 valence electrons. The predicted molar refractivity (Wildman–Crippen MR) is 137 cm³/mol. The Labute approximate surface area is 198 Å². The molecule has 0 bridgehead atoms. The Morgan fingerprint density at radius 1 is 0.586 bits per heavy atom. The highest BCUT2D eigenvalue weighted by Gasteiger charge is 2.12. The van der Waals surface area contributed by atoms with E-state index in [-0.39, 0.29) is 0 Å². The monoisotopic (exact) mass is 598 g/mol. The molecule has 0 radical (unpaired) electrons. The van der Waals surface area contributed by atoms with Crippen LogP contribution in [0.4, 0.5) is 17.1 Å². The van der Waals surface area contributed by atoms with Crippen molar-refractivity contribution in [2.45, 2.75) is 0 Å². The van der Waals surface area contributed by atoms with Crippen LogP contribution in [0.15, 0.2) is 97.3 Å². The molecule has 0 saturated heterocycles. The molecule has 0 unspecified atom stereocenters. The normalized spacial score (nSPS) is 10.1. The van der Waals surface area contributed by atoms with Crippen LogP contribution >= 0.6 is 45.2 Å². The van der Waals surface area contributed by atoms with Crippen molar-refractivity contribution in [2.24, 2.45) is 0 Å². The molecule has 1 heterocycles. The van der Waals surface area contributed by atoms with Gasteiger partial charge in [-0.15, -0.1) is 0 Å². The molecule has 0 amide bonds. The largest absolute Gasteiger partial charge is 0.311 e. The molecule has 3 aromatic carbocycles. The van der Waals surface area contributed by atoms with E-state index in [0.29, 0.717) is 0 Å². The van der Waals surface area contributed by atoms with Gasteiger partial charge in [-0.1, -0.05) is 11.8 Å². The Morgan fingerprint density at radius 2 is 1.07 bits per heavy atom. The van der Waals surface area contributed by atoms with Gasteiger partial charge in [0.25, 0.3) is 0 Å². The number of hydrogen-bond donors (Lipinski definition) is 0. The van der Waals surface area contributed by atoms with E-state index in [4.69, 9.17) is 0 Å². The fourth-order valence-electron chi connectivity index (χ4n) is 2.90. The van der Waals surface area contributed by atoms with Crippen LogP contribution in [-0.4, -0.2) is 4.98 Å². The van der Waals surface area contributed by atoms with E-state index >= 15 is 0 Å². The fourth-order valence-corrected chi connectivity index (χ4v) is 3.62. The maximum Gasteiger partial charge on any atom is 0.0462 e. The van der Waals surface area contributed by atoms with Crippen LogP contribution in [0.2, 0.25) is 0 Å². The Kier molecular flexibility index (Phi) is 6.47. The average molecular weight is 598 g/mol. The van der Waals surface area contributed by atoms with Crippen LogP contribution < -0.4 is 4.90 Å². The molecule has 0 spiro atoms. The molecule has 0 aliphatic rings. The summed E-state index contributed by atoms with van der Waals surface area (Å²) in [5.41, 5.74) is 5.24. The first kappa shape index (κ1) is 19.9. The summed E-state index contributed by atoms with van der Waals surface area (Å²) in [7, 11) is 0. The second kappa shape index (κ2) is 9.42. The number of hydrogen-bond acceptors (Lipinski definition) is 2. The van der Waals surface area contributed by atoms with Crippen molar-refractivity contribution in [3.63, 3.8) is 0 Å². The van der Waals surface area contributed by atoms with Gasteiger partial charge in [0.05, 0.1) is 0 Å². The van der Waals surface area contributed by atoms with Gasteiger partial charge in [0.15, 0.2) is 0 Å². The molecule has 0 atom stereocenters. The maximum atomic E-state index is 4.10. The molecule has 0 fully saturated rings. The smallest absolute Gasteiger partial charge is 0.0462 e.